The summed E-state index contributed by atoms with van der Waals surface area (Å²) >= 11 is 3.60. The number of amides is 1. The number of carbonyl (C=O) groups is 2. The van der Waals surface area contributed by atoms with Gasteiger partial charge in [0.25, 0.3) is 5.91 Å². The van der Waals surface area contributed by atoms with Crippen LogP contribution in [0.15, 0.2) is 59.1 Å². The molecule has 3 fully saturated rings. The van der Waals surface area contributed by atoms with Gasteiger partial charge >= 0.3 is 5.97 Å². The van der Waals surface area contributed by atoms with E-state index in [4.69, 9.17) is 4.74 Å². The van der Waals surface area contributed by atoms with Crippen LogP contribution in [-0.4, -0.2) is 24.0 Å². The van der Waals surface area contributed by atoms with E-state index >= 15 is 0 Å². The third kappa shape index (κ3) is 4.40. The second-order valence-electron chi connectivity index (χ2n) is 10.2. The summed E-state index contributed by atoms with van der Waals surface area (Å²) in [5.74, 6) is -0.0713. The summed E-state index contributed by atoms with van der Waals surface area (Å²) in [5.41, 5.74) is 3.27. The number of halogens is 1. The molecule has 3 aliphatic carbocycles. The molecule has 6 rings (SSSR count). The van der Waals surface area contributed by atoms with Crippen molar-refractivity contribution in [1.82, 2.24) is 5.32 Å². The van der Waals surface area contributed by atoms with Crippen LogP contribution in [0.25, 0.3) is 21.9 Å². The van der Waals surface area contributed by atoms with E-state index in [1.54, 1.807) is 0 Å². The largest absolute Gasteiger partial charge is 0.466 e. The first-order valence-electron chi connectivity index (χ1n) is 12.6. The van der Waals surface area contributed by atoms with Crippen LogP contribution in [0.5, 0.6) is 0 Å². The fourth-order valence-corrected chi connectivity index (χ4v) is 6.60. The topological polar surface area (TPSA) is 55.4 Å². The summed E-state index contributed by atoms with van der Waals surface area (Å²) in [6.07, 6.45) is 5.87. The molecule has 1 N–H and O–H groups in total. The molecule has 4 nitrogen and oxygen atoms in total. The standard InChI is InChI=1S/C30H32BrNO3/c1-3-35-28(34)29-12-7-13-30(16-14-29,17-15-29)32-27(33)26-20(2)24(21-8-5-4-6-9-21)18-22-10-11-23(31)19-25(22)26/h4-6,8-11,18-19H,3,7,12-17H2,1-2H3,(H,32,33). The van der Waals surface area contributed by atoms with Crippen LogP contribution in [-0.2, 0) is 9.53 Å². The highest BCUT2D eigenvalue weighted by molar-refractivity contribution is 9.10. The lowest BCUT2D eigenvalue weighted by atomic mass is 9.68. The Morgan fingerprint density at radius 3 is 2.43 bits per heavy atom. The third-order valence-electron chi connectivity index (χ3n) is 8.24. The summed E-state index contributed by atoms with van der Waals surface area (Å²) < 4.78 is 6.39. The second kappa shape index (κ2) is 9.42. The number of fused-ring (bicyclic) bond motifs is 5. The maximum absolute atomic E-state index is 14.0. The number of esters is 1. The van der Waals surface area contributed by atoms with E-state index in [1.165, 1.54) is 0 Å². The minimum Gasteiger partial charge on any atom is -0.466 e. The van der Waals surface area contributed by atoms with Gasteiger partial charge in [-0.25, -0.2) is 0 Å². The van der Waals surface area contributed by atoms with Crippen molar-refractivity contribution >= 4 is 38.6 Å². The van der Waals surface area contributed by atoms with Gasteiger partial charge in [-0.3, -0.25) is 9.59 Å². The average Bonchev–Trinajstić information content (AvgIpc) is 3.15. The molecule has 0 aliphatic heterocycles. The number of rotatable bonds is 5. The van der Waals surface area contributed by atoms with Crippen LogP contribution in [0.4, 0.5) is 0 Å². The quantitative estimate of drug-likeness (QED) is 0.348. The second-order valence-corrected chi connectivity index (χ2v) is 11.2. The molecule has 3 aromatic rings. The van der Waals surface area contributed by atoms with E-state index in [0.29, 0.717) is 6.61 Å². The van der Waals surface area contributed by atoms with Crippen LogP contribution in [0.1, 0.15) is 67.8 Å². The Morgan fingerprint density at radius 1 is 0.971 bits per heavy atom. The Balaban J connectivity index is 1.51. The molecule has 3 saturated carbocycles. The van der Waals surface area contributed by atoms with E-state index < -0.39 is 0 Å². The Hall–Kier alpha value is -2.66. The lowest BCUT2D eigenvalue weighted by molar-refractivity contribution is -0.158. The van der Waals surface area contributed by atoms with Crippen molar-refractivity contribution in [2.75, 3.05) is 6.61 Å². The Bertz CT molecular complexity index is 1280. The Morgan fingerprint density at radius 2 is 1.71 bits per heavy atom. The van der Waals surface area contributed by atoms with Crippen molar-refractivity contribution in [2.24, 2.45) is 5.41 Å². The van der Waals surface area contributed by atoms with E-state index in [1.807, 2.05) is 37.3 Å². The molecule has 1 amide bonds. The normalized spacial score (nSPS) is 23.6. The summed E-state index contributed by atoms with van der Waals surface area (Å²) in [7, 11) is 0. The van der Waals surface area contributed by atoms with E-state index in [0.717, 1.165) is 82.4 Å². The van der Waals surface area contributed by atoms with Gasteiger partial charge in [-0.2, -0.15) is 0 Å². The molecular weight excluding hydrogens is 502 g/mol. The van der Waals surface area contributed by atoms with Crippen LogP contribution >= 0.6 is 15.9 Å². The zero-order valence-electron chi connectivity index (χ0n) is 20.5. The SMILES string of the molecule is CCOC(=O)C12CCCC(NC(=O)c3c(C)c(-c4ccccc4)cc4ccc(Br)cc34)(CC1)CC2. The maximum atomic E-state index is 14.0. The maximum Gasteiger partial charge on any atom is 0.312 e. The molecule has 0 atom stereocenters. The first kappa shape index (κ1) is 24.1. The van der Waals surface area contributed by atoms with Crippen LogP contribution < -0.4 is 5.32 Å². The average molecular weight is 534 g/mol. The monoisotopic (exact) mass is 533 g/mol. The predicted molar refractivity (Wildman–Crippen MR) is 143 cm³/mol. The van der Waals surface area contributed by atoms with Crippen LogP contribution in [0, 0.1) is 12.3 Å². The van der Waals surface area contributed by atoms with Gasteiger partial charge in [-0.1, -0.05) is 52.3 Å². The molecule has 182 valence electrons. The third-order valence-corrected chi connectivity index (χ3v) is 8.73. The molecule has 0 unspecified atom stereocenters. The van der Waals surface area contributed by atoms with Crippen molar-refractivity contribution in [2.45, 2.75) is 64.3 Å². The van der Waals surface area contributed by atoms with Gasteiger partial charge in [-0.15, -0.1) is 0 Å². The van der Waals surface area contributed by atoms with Gasteiger partial charge in [0.1, 0.15) is 0 Å². The highest BCUT2D eigenvalue weighted by Crippen LogP contribution is 2.51. The zero-order chi connectivity index (χ0) is 24.6. The molecular formula is C30H32BrNO3. The molecule has 3 aliphatic rings. The zero-order valence-corrected chi connectivity index (χ0v) is 22.0. The number of nitrogens with one attached hydrogen (secondary N) is 1. The molecule has 0 radical (unpaired) electrons. The van der Waals surface area contributed by atoms with Gasteiger partial charge in [-0.05, 0) is 104 Å². The minimum absolute atomic E-state index is 0.0195. The van der Waals surface area contributed by atoms with Gasteiger partial charge in [0, 0.05) is 10.0 Å². The molecule has 35 heavy (non-hydrogen) atoms. The molecule has 2 bridgehead atoms. The van der Waals surface area contributed by atoms with Crippen molar-refractivity contribution in [3.8, 4) is 11.1 Å². The first-order valence-corrected chi connectivity index (χ1v) is 13.4. The van der Waals surface area contributed by atoms with Gasteiger partial charge in [0.15, 0.2) is 0 Å². The first-order chi connectivity index (χ1) is 16.9. The highest BCUT2D eigenvalue weighted by atomic mass is 79.9. The van der Waals surface area contributed by atoms with Crippen molar-refractivity contribution in [1.29, 1.82) is 0 Å². The fourth-order valence-electron chi connectivity index (χ4n) is 6.23. The lowest BCUT2D eigenvalue weighted by Crippen LogP contribution is -2.51. The number of hydrogen-bond donors (Lipinski definition) is 1. The molecule has 3 aromatic carbocycles. The summed E-state index contributed by atoms with van der Waals surface area (Å²) in [6.45, 7) is 4.34. The predicted octanol–water partition coefficient (Wildman–Crippen LogP) is 7.35. The van der Waals surface area contributed by atoms with Crippen LogP contribution in [0.2, 0.25) is 0 Å². The number of ether oxygens (including phenoxy) is 1. The number of benzene rings is 3. The minimum atomic E-state index is -0.374. The molecule has 0 aromatic heterocycles. The molecule has 0 heterocycles. The van der Waals surface area contributed by atoms with Crippen LogP contribution in [0.3, 0.4) is 0 Å². The highest BCUT2D eigenvalue weighted by Gasteiger charge is 2.51. The number of carbonyl (C=O) groups excluding carboxylic acids is 2. The van der Waals surface area contributed by atoms with Gasteiger partial charge in [0.05, 0.1) is 17.6 Å². The van der Waals surface area contributed by atoms with E-state index in [2.05, 4.69) is 52.4 Å². The Kier molecular flexibility index (Phi) is 6.47. The van der Waals surface area contributed by atoms with E-state index in [9.17, 15) is 9.59 Å². The van der Waals surface area contributed by atoms with Gasteiger partial charge in [0.2, 0.25) is 0 Å². The van der Waals surface area contributed by atoms with Crippen molar-refractivity contribution < 1.29 is 14.3 Å². The number of hydrogen-bond acceptors (Lipinski definition) is 3. The lowest BCUT2D eigenvalue weighted by Gasteiger charge is -2.42. The smallest absolute Gasteiger partial charge is 0.312 e. The molecule has 0 spiro atoms. The van der Waals surface area contributed by atoms with Gasteiger partial charge < -0.3 is 10.1 Å². The van der Waals surface area contributed by atoms with E-state index in [-0.39, 0.29) is 22.8 Å². The molecule has 0 saturated heterocycles. The fraction of sp³-hybridized carbons (Fsp3) is 0.400. The Labute approximate surface area is 215 Å². The van der Waals surface area contributed by atoms with Crippen molar-refractivity contribution in [3.05, 3.63) is 70.2 Å². The van der Waals surface area contributed by atoms with Crippen molar-refractivity contribution in [3.63, 3.8) is 0 Å². The summed E-state index contributed by atoms with van der Waals surface area (Å²) in [4.78, 5) is 26.8. The molecule has 5 heteroatoms. The summed E-state index contributed by atoms with van der Waals surface area (Å²) in [6, 6.07) is 18.6. The summed E-state index contributed by atoms with van der Waals surface area (Å²) in [5, 5.41) is 5.49.